The van der Waals surface area contributed by atoms with Crippen molar-refractivity contribution < 1.29 is 13.3 Å². The number of nitrogens with zero attached hydrogens (tertiary/aromatic N) is 1. The van der Waals surface area contributed by atoms with Gasteiger partial charge in [-0.25, -0.2) is 13.1 Å². The summed E-state index contributed by atoms with van der Waals surface area (Å²) in [5.41, 5.74) is 4.37. The first-order chi connectivity index (χ1) is 8.59. The molecule has 0 saturated heterocycles. The summed E-state index contributed by atoms with van der Waals surface area (Å²) < 4.78 is 26.8. The van der Waals surface area contributed by atoms with Crippen LogP contribution in [0.3, 0.4) is 0 Å². The molecule has 0 radical (unpaired) electrons. The molecule has 0 saturated carbocycles. The second-order valence-corrected chi connectivity index (χ2v) is 6.48. The number of nitrogens with one attached hydrogen (secondary N) is 1. The standard InChI is InChI=1S/C11H17N3O4S/c1-4-11(2,3)13-19(17,18)10-6-5-8(12)7-9(10)14(15)16/h5-7,13H,4,12H2,1-3H3. The van der Waals surface area contributed by atoms with Gasteiger partial charge in [0.25, 0.3) is 5.69 Å². The Labute approximate surface area is 112 Å². The van der Waals surface area contributed by atoms with Crippen molar-refractivity contribution in [1.82, 2.24) is 4.72 Å². The third-order valence-electron chi connectivity index (χ3n) is 2.76. The van der Waals surface area contributed by atoms with Gasteiger partial charge in [0, 0.05) is 17.3 Å². The number of hydrogen-bond acceptors (Lipinski definition) is 5. The predicted octanol–water partition coefficient (Wildman–Crippen LogP) is 1.64. The summed E-state index contributed by atoms with van der Waals surface area (Å²) in [4.78, 5) is 9.77. The van der Waals surface area contributed by atoms with Crippen LogP contribution in [0.5, 0.6) is 0 Å². The van der Waals surface area contributed by atoms with E-state index < -0.39 is 26.2 Å². The summed E-state index contributed by atoms with van der Waals surface area (Å²) in [5, 5.41) is 10.9. The Hall–Kier alpha value is -1.67. The minimum absolute atomic E-state index is 0.139. The smallest absolute Gasteiger partial charge is 0.291 e. The first-order valence-electron chi connectivity index (χ1n) is 5.67. The zero-order chi connectivity index (χ0) is 14.8. The molecule has 0 unspecified atom stereocenters. The average Bonchev–Trinajstić information content (AvgIpc) is 2.27. The molecule has 0 aromatic heterocycles. The van der Waals surface area contributed by atoms with Crippen LogP contribution in [0.2, 0.25) is 0 Å². The van der Waals surface area contributed by atoms with E-state index in [1.54, 1.807) is 13.8 Å². The van der Waals surface area contributed by atoms with E-state index in [2.05, 4.69) is 4.72 Å². The summed E-state index contributed by atoms with van der Waals surface area (Å²) in [5.74, 6) is 0. The highest BCUT2D eigenvalue weighted by molar-refractivity contribution is 7.89. The van der Waals surface area contributed by atoms with Crippen LogP contribution >= 0.6 is 0 Å². The number of rotatable bonds is 5. The number of nitro groups is 1. The minimum atomic E-state index is -3.97. The number of nitrogens with two attached hydrogens (primary N) is 1. The first kappa shape index (κ1) is 15.4. The van der Waals surface area contributed by atoms with Gasteiger partial charge in [-0.3, -0.25) is 10.1 Å². The Bertz CT molecular complexity index is 596. The van der Waals surface area contributed by atoms with Gasteiger partial charge < -0.3 is 5.73 Å². The number of benzene rings is 1. The molecule has 0 aliphatic carbocycles. The van der Waals surface area contributed by atoms with E-state index in [1.165, 1.54) is 6.07 Å². The van der Waals surface area contributed by atoms with Crippen LogP contribution in [0, 0.1) is 10.1 Å². The lowest BCUT2D eigenvalue weighted by molar-refractivity contribution is -0.387. The summed E-state index contributed by atoms with van der Waals surface area (Å²) in [7, 11) is -3.97. The van der Waals surface area contributed by atoms with E-state index in [0.29, 0.717) is 6.42 Å². The molecule has 0 bridgehead atoms. The van der Waals surface area contributed by atoms with E-state index in [1.807, 2.05) is 6.92 Å². The number of hydrogen-bond donors (Lipinski definition) is 2. The van der Waals surface area contributed by atoms with E-state index in [-0.39, 0.29) is 10.6 Å². The van der Waals surface area contributed by atoms with E-state index in [4.69, 9.17) is 5.73 Å². The molecule has 0 spiro atoms. The molecule has 0 heterocycles. The molecule has 0 amide bonds. The molecule has 19 heavy (non-hydrogen) atoms. The zero-order valence-electron chi connectivity index (χ0n) is 11.0. The van der Waals surface area contributed by atoms with E-state index in [9.17, 15) is 18.5 Å². The molecule has 106 valence electrons. The summed E-state index contributed by atoms with van der Waals surface area (Å²) in [6, 6.07) is 3.50. The highest BCUT2D eigenvalue weighted by atomic mass is 32.2. The van der Waals surface area contributed by atoms with E-state index in [0.717, 1.165) is 12.1 Å². The average molecular weight is 287 g/mol. The van der Waals surface area contributed by atoms with Crippen LogP contribution in [0.25, 0.3) is 0 Å². The van der Waals surface area contributed by atoms with Crippen molar-refractivity contribution in [3.8, 4) is 0 Å². The molecule has 8 heteroatoms. The quantitative estimate of drug-likeness (QED) is 0.485. The summed E-state index contributed by atoms with van der Waals surface area (Å²) in [6.45, 7) is 5.22. The zero-order valence-corrected chi connectivity index (χ0v) is 11.8. The number of nitrogen functional groups attached to an aromatic ring is 1. The van der Waals surface area contributed by atoms with Crippen molar-refractivity contribution in [3.63, 3.8) is 0 Å². The van der Waals surface area contributed by atoms with Gasteiger partial charge in [-0.05, 0) is 32.4 Å². The molecule has 0 aliphatic rings. The van der Waals surface area contributed by atoms with Gasteiger partial charge in [-0.15, -0.1) is 0 Å². The van der Waals surface area contributed by atoms with Crippen molar-refractivity contribution in [3.05, 3.63) is 28.3 Å². The van der Waals surface area contributed by atoms with Crippen LogP contribution in [0.15, 0.2) is 23.1 Å². The van der Waals surface area contributed by atoms with Gasteiger partial charge in [-0.2, -0.15) is 0 Å². The highest BCUT2D eigenvalue weighted by Gasteiger charge is 2.30. The lowest BCUT2D eigenvalue weighted by Gasteiger charge is -2.24. The molecule has 0 fully saturated rings. The van der Waals surface area contributed by atoms with E-state index >= 15 is 0 Å². The molecular weight excluding hydrogens is 270 g/mol. The fourth-order valence-corrected chi connectivity index (χ4v) is 3.03. The predicted molar refractivity (Wildman–Crippen MR) is 72.2 cm³/mol. The number of sulfonamides is 1. The Kier molecular flexibility index (Phi) is 4.16. The van der Waals surface area contributed by atoms with Gasteiger partial charge in [0.2, 0.25) is 10.0 Å². The van der Waals surface area contributed by atoms with Gasteiger partial charge in [0.15, 0.2) is 4.90 Å². The normalized spacial score (nSPS) is 12.4. The molecule has 0 aliphatic heterocycles. The lowest BCUT2D eigenvalue weighted by Crippen LogP contribution is -2.42. The largest absolute Gasteiger partial charge is 0.399 e. The Morgan fingerprint density at radius 2 is 2.00 bits per heavy atom. The maximum absolute atomic E-state index is 12.2. The van der Waals surface area contributed by atoms with Crippen LogP contribution in [-0.4, -0.2) is 18.9 Å². The second kappa shape index (κ2) is 5.14. The van der Waals surface area contributed by atoms with Gasteiger partial charge in [0.05, 0.1) is 4.92 Å². The van der Waals surface area contributed by atoms with Gasteiger partial charge >= 0.3 is 0 Å². The number of anilines is 1. The summed E-state index contributed by atoms with van der Waals surface area (Å²) in [6.07, 6.45) is 0.551. The third kappa shape index (κ3) is 3.65. The fraction of sp³-hybridized carbons (Fsp3) is 0.455. The highest BCUT2D eigenvalue weighted by Crippen LogP contribution is 2.27. The third-order valence-corrected chi connectivity index (χ3v) is 4.51. The van der Waals surface area contributed by atoms with Crippen molar-refractivity contribution >= 4 is 21.4 Å². The molecule has 7 nitrogen and oxygen atoms in total. The van der Waals surface area contributed by atoms with Crippen molar-refractivity contribution in [1.29, 1.82) is 0 Å². The molecule has 0 atom stereocenters. The lowest BCUT2D eigenvalue weighted by atomic mass is 10.0. The van der Waals surface area contributed by atoms with Crippen molar-refractivity contribution in [2.45, 2.75) is 37.6 Å². The van der Waals surface area contributed by atoms with Crippen LogP contribution in [-0.2, 0) is 10.0 Å². The van der Waals surface area contributed by atoms with Crippen molar-refractivity contribution in [2.24, 2.45) is 0 Å². The topological polar surface area (TPSA) is 115 Å². The monoisotopic (exact) mass is 287 g/mol. The molecule has 1 aromatic rings. The fourth-order valence-electron chi connectivity index (χ4n) is 1.40. The van der Waals surface area contributed by atoms with Gasteiger partial charge in [0.1, 0.15) is 0 Å². The Morgan fingerprint density at radius 1 is 1.42 bits per heavy atom. The van der Waals surface area contributed by atoms with Crippen LogP contribution in [0.1, 0.15) is 27.2 Å². The van der Waals surface area contributed by atoms with Crippen LogP contribution in [0.4, 0.5) is 11.4 Å². The molecule has 3 N–H and O–H groups in total. The van der Waals surface area contributed by atoms with Crippen molar-refractivity contribution in [2.75, 3.05) is 5.73 Å². The molecule has 1 aromatic carbocycles. The van der Waals surface area contributed by atoms with Crippen LogP contribution < -0.4 is 10.5 Å². The minimum Gasteiger partial charge on any atom is -0.399 e. The second-order valence-electron chi connectivity index (χ2n) is 4.83. The Balaban J connectivity index is 3.33. The maximum atomic E-state index is 12.2. The maximum Gasteiger partial charge on any atom is 0.291 e. The SMILES string of the molecule is CCC(C)(C)NS(=O)(=O)c1ccc(N)cc1[N+](=O)[O-]. The first-order valence-corrected chi connectivity index (χ1v) is 7.15. The number of nitro benzene ring substituents is 1. The molecule has 1 rings (SSSR count). The van der Waals surface area contributed by atoms with Gasteiger partial charge in [-0.1, -0.05) is 6.92 Å². The Morgan fingerprint density at radius 3 is 2.47 bits per heavy atom. The molecular formula is C11H17N3O4S. The summed E-state index contributed by atoms with van der Waals surface area (Å²) >= 11 is 0.